The van der Waals surface area contributed by atoms with Crippen LogP contribution in [0.2, 0.25) is 10.0 Å². The number of carbonyl (C=O) groups is 2. The van der Waals surface area contributed by atoms with Gasteiger partial charge in [0.15, 0.2) is 6.61 Å². The summed E-state index contributed by atoms with van der Waals surface area (Å²) >= 11 is 15.6. The monoisotopic (exact) mass is 514 g/mol. The van der Waals surface area contributed by atoms with Crippen molar-refractivity contribution in [3.63, 3.8) is 0 Å². The van der Waals surface area contributed by atoms with E-state index in [1.807, 2.05) is 26.0 Å². The van der Waals surface area contributed by atoms with E-state index in [4.69, 9.17) is 27.9 Å². The normalized spacial score (nSPS) is 12.7. The summed E-state index contributed by atoms with van der Waals surface area (Å²) in [5.41, 5.74) is 0.820. The van der Waals surface area contributed by atoms with Crippen molar-refractivity contribution in [3.8, 4) is 5.75 Å². The molecule has 2 unspecified atom stereocenters. The van der Waals surface area contributed by atoms with Gasteiger partial charge in [0.25, 0.3) is 5.91 Å². The molecule has 30 heavy (non-hydrogen) atoms. The highest BCUT2D eigenvalue weighted by atomic mass is 79.9. The van der Waals surface area contributed by atoms with E-state index in [-0.39, 0.29) is 31.0 Å². The molecule has 1 N–H and O–H groups in total. The second-order valence-electron chi connectivity index (χ2n) is 7.01. The van der Waals surface area contributed by atoms with Gasteiger partial charge < -0.3 is 15.0 Å². The fourth-order valence-corrected chi connectivity index (χ4v) is 3.64. The first-order chi connectivity index (χ1) is 14.2. The van der Waals surface area contributed by atoms with E-state index in [1.165, 1.54) is 4.90 Å². The molecule has 0 saturated heterocycles. The first-order valence-electron chi connectivity index (χ1n) is 9.63. The van der Waals surface area contributed by atoms with Crippen LogP contribution in [0.1, 0.15) is 32.8 Å². The lowest BCUT2D eigenvalue weighted by atomic mass is 10.1. The maximum atomic E-state index is 13.0. The molecule has 2 amide bonds. The molecule has 0 spiro atoms. The van der Waals surface area contributed by atoms with Crippen molar-refractivity contribution in [1.82, 2.24) is 10.2 Å². The van der Waals surface area contributed by atoms with Crippen molar-refractivity contribution < 1.29 is 14.3 Å². The molecule has 8 heteroatoms. The Morgan fingerprint density at radius 2 is 1.90 bits per heavy atom. The van der Waals surface area contributed by atoms with Crippen LogP contribution in [0.25, 0.3) is 0 Å². The number of ether oxygens (including phenoxy) is 1. The van der Waals surface area contributed by atoms with Crippen molar-refractivity contribution in [2.75, 3.05) is 6.61 Å². The van der Waals surface area contributed by atoms with Gasteiger partial charge >= 0.3 is 0 Å². The maximum absolute atomic E-state index is 13.0. The van der Waals surface area contributed by atoms with E-state index in [2.05, 4.69) is 21.2 Å². The van der Waals surface area contributed by atoms with Crippen LogP contribution in [-0.2, 0) is 16.1 Å². The van der Waals surface area contributed by atoms with Crippen LogP contribution < -0.4 is 10.1 Å². The average Bonchev–Trinajstić information content (AvgIpc) is 2.70. The number of halogens is 3. The Kier molecular flexibility index (Phi) is 9.46. The van der Waals surface area contributed by atoms with Crippen LogP contribution in [0.5, 0.6) is 5.75 Å². The Hall–Kier alpha value is -1.76. The van der Waals surface area contributed by atoms with Crippen molar-refractivity contribution >= 4 is 50.9 Å². The molecule has 2 rings (SSSR count). The molecule has 0 radical (unpaired) electrons. The third kappa shape index (κ3) is 7.18. The Morgan fingerprint density at radius 3 is 2.53 bits per heavy atom. The van der Waals surface area contributed by atoms with E-state index in [0.717, 1.165) is 16.5 Å². The zero-order valence-electron chi connectivity index (χ0n) is 17.1. The standard InChI is InChI=1S/C22H25BrCl2N2O3/c1-4-14(2)26-22(29)15(3)27(12-16-6-5-7-18(24)10-16)21(28)13-30-20-9-8-17(23)11-19(20)25/h5-11,14-15H,4,12-13H2,1-3H3,(H,26,29). The summed E-state index contributed by atoms with van der Waals surface area (Å²) in [5.74, 6) is -0.158. The SMILES string of the molecule is CCC(C)NC(=O)C(C)N(Cc1cccc(Cl)c1)C(=O)COc1ccc(Br)cc1Cl. The largest absolute Gasteiger partial charge is 0.482 e. The number of amides is 2. The highest BCUT2D eigenvalue weighted by molar-refractivity contribution is 9.10. The second-order valence-corrected chi connectivity index (χ2v) is 8.77. The average molecular weight is 516 g/mol. The first-order valence-corrected chi connectivity index (χ1v) is 11.2. The Morgan fingerprint density at radius 1 is 1.17 bits per heavy atom. The van der Waals surface area contributed by atoms with Gasteiger partial charge in [-0.05, 0) is 56.2 Å². The van der Waals surface area contributed by atoms with Crippen molar-refractivity contribution in [1.29, 1.82) is 0 Å². The molecule has 2 aromatic carbocycles. The third-order valence-corrected chi connectivity index (χ3v) is 5.68. The fourth-order valence-electron chi connectivity index (χ4n) is 2.69. The molecule has 0 aliphatic heterocycles. The van der Waals surface area contributed by atoms with Gasteiger partial charge in [0.2, 0.25) is 5.91 Å². The molecule has 0 fully saturated rings. The fraction of sp³-hybridized carbons (Fsp3) is 0.364. The van der Waals surface area contributed by atoms with Gasteiger partial charge in [-0.15, -0.1) is 0 Å². The third-order valence-electron chi connectivity index (χ3n) is 4.66. The van der Waals surface area contributed by atoms with Crippen LogP contribution in [-0.4, -0.2) is 35.4 Å². The summed E-state index contributed by atoms with van der Waals surface area (Å²) in [6, 6.07) is 11.7. The van der Waals surface area contributed by atoms with Crippen molar-refractivity contribution in [3.05, 3.63) is 62.5 Å². The summed E-state index contributed by atoms with van der Waals surface area (Å²) in [7, 11) is 0. The Balaban J connectivity index is 2.18. The van der Waals surface area contributed by atoms with Crippen molar-refractivity contribution in [2.24, 2.45) is 0 Å². The highest BCUT2D eigenvalue weighted by Crippen LogP contribution is 2.27. The van der Waals surface area contributed by atoms with E-state index in [9.17, 15) is 9.59 Å². The molecule has 0 aliphatic carbocycles. The summed E-state index contributed by atoms with van der Waals surface area (Å²) in [5, 5.41) is 3.88. The molecular formula is C22H25BrCl2N2O3. The Bertz CT molecular complexity index is 894. The molecule has 0 aromatic heterocycles. The topological polar surface area (TPSA) is 58.6 Å². The quantitative estimate of drug-likeness (QED) is 0.482. The van der Waals surface area contributed by atoms with E-state index < -0.39 is 6.04 Å². The van der Waals surface area contributed by atoms with Gasteiger partial charge in [-0.2, -0.15) is 0 Å². The van der Waals surface area contributed by atoms with Gasteiger partial charge in [-0.3, -0.25) is 9.59 Å². The van der Waals surface area contributed by atoms with E-state index >= 15 is 0 Å². The molecule has 2 atom stereocenters. The number of carbonyl (C=O) groups excluding carboxylic acids is 2. The number of benzene rings is 2. The van der Waals surface area contributed by atoms with Gasteiger partial charge in [0, 0.05) is 22.1 Å². The van der Waals surface area contributed by atoms with Gasteiger partial charge in [0.05, 0.1) is 5.02 Å². The van der Waals surface area contributed by atoms with Gasteiger partial charge in [-0.25, -0.2) is 0 Å². The minimum absolute atomic E-state index is 0.0147. The molecule has 0 bridgehead atoms. The lowest BCUT2D eigenvalue weighted by Gasteiger charge is -2.29. The molecule has 0 saturated carbocycles. The minimum Gasteiger partial charge on any atom is -0.482 e. The van der Waals surface area contributed by atoms with E-state index in [0.29, 0.717) is 15.8 Å². The minimum atomic E-state index is -0.686. The molecule has 5 nitrogen and oxygen atoms in total. The smallest absolute Gasteiger partial charge is 0.261 e. The lowest BCUT2D eigenvalue weighted by molar-refractivity contribution is -0.142. The molecule has 0 heterocycles. The van der Waals surface area contributed by atoms with Gasteiger partial charge in [-0.1, -0.05) is 58.2 Å². The summed E-state index contributed by atoms with van der Waals surface area (Å²) < 4.78 is 6.44. The number of nitrogens with zero attached hydrogens (tertiary/aromatic N) is 1. The summed E-state index contributed by atoms with van der Waals surface area (Å²) in [6.45, 7) is 5.59. The molecule has 0 aliphatic rings. The van der Waals surface area contributed by atoms with Gasteiger partial charge in [0.1, 0.15) is 11.8 Å². The van der Waals surface area contributed by atoms with Crippen LogP contribution in [0.4, 0.5) is 0 Å². The number of nitrogens with one attached hydrogen (secondary N) is 1. The van der Waals surface area contributed by atoms with E-state index in [1.54, 1.807) is 37.3 Å². The van der Waals surface area contributed by atoms with Crippen LogP contribution in [0, 0.1) is 0 Å². The zero-order valence-corrected chi connectivity index (χ0v) is 20.2. The van der Waals surface area contributed by atoms with Crippen LogP contribution in [0.15, 0.2) is 46.9 Å². The molecular weight excluding hydrogens is 491 g/mol. The summed E-state index contributed by atoms with van der Waals surface area (Å²) in [4.78, 5) is 27.2. The summed E-state index contributed by atoms with van der Waals surface area (Å²) in [6.07, 6.45) is 0.797. The number of hydrogen-bond donors (Lipinski definition) is 1. The highest BCUT2D eigenvalue weighted by Gasteiger charge is 2.27. The Labute approximate surface area is 195 Å². The molecule has 2 aromatic rings. The lowest BCUT2D eigenvalue weighted by Crippen LogP contribution is -2.50. The van der Waals surface area contributed by atoms with Crippen molar-refractivity contribution in [2.45, 2.75) is 45.8 Å². The zero-order chi connectivity index (χ0) is 22.3. The maximum Gasteiger partial charge on any atom is 0.261 e. The number of rotatable bonds is 9. The van der Waals surface area contributed by atoms with Crippen LogP contribution in [0.3, 0.4) is 0 Å². The predicted octanol–water partition coefficient (Wildman–Crippen LogP) is 5.47. The molecule has 162 valence electrons. The van der Waals surface area contributed by atoms with Crippen LogP contribution >= 0.6 is 39.1 Å². The number of hydrogen-bond acceptors (Lipinski definition) is 3. The first kappa shape index (κ1) is 24.5. The predicted molar refractivity (Wildman–Crippen MR) is 124 cm³/mol. The second kappa shape index (κ2) is 11.6.